The maximum atomic E-state index is 8.83. The second-order valence-corrected chi connectivity index (χ2v) is 3.98. The third-order valence-electron chi connectivity index (χ3n) is 2.17. The van der Waals surface area contributed by atoms with Gasteiger partial charge in [0.2, 0.25) is 0 Å². The summed E-state index contributed by atoms with van der Waals surface area (Å²) in [5.74, 6) is 0.350. The number of hydrogen-bond donors (Lipinski definition) is 1. The molecular formula is C11H12ClN5. The molecule has 0 bridgehead atoms. The van der Waals surface area contributed by atoms with Crippen molar-refractivity contribution in [3.05, 3.63) is 16.5 Å². The first kappa shape index (κ1) is 13.2. The number of aromatic nitrogens is 2. The predicted octanol–water partition coefficient (Wildman–Crippen LogP) is 2.47. The van der Waals surface area contributed by atoms with E-state index in [-0.39, 0.29) is 22.6 Å². The fraction of sp³-hybridized carbons (Fsp3) is 0.455. The molecule has 1 aromatic heterocycles. The Hall–Kier alpha value is -1.85. The van der Waals surface area contributed by atoms with E-state index < -0.39 is 0 Å². The Bertz CT molecular complexity index is 486. The standard InChI is InChI=1S/C11H12ClN5/c1-3-4-7(2)15-11-10(12)16-8(5-13)9(6-14)17-11/h7H,3-4H2,1-2H3,(H,15,17). The van der Waals surface area contributed by atoms with Gasteiger partial charge in [-0.2, -0.15) is 10.5 Å². The topological polar surface area (TPSA) is 85.4 Å². The van der Waals surface area contributed by atoms with Crippen molar-refractivity contribution in [2.45, 2.75) is 32.7 Å². The van der Waals surface area contributed by atoms with E-state index in [4.69, 9.17) is 22.1 Å². The van der Waals surface area contributed by atoms with Crippen LogP contribution in [0.3, 0.4) is 0 Å². The number of nitrogens with one attached hydrogen (secondary N) is 1. The number of anilines is 1. The highest BCUT2D eigenvalue weighted by Crippen LogP contribution is 2.20. The van der Waals surface area contributed by atoms with Crippen LogP contribution < -0.4 is 5.32 Å². The zero-order chi connectivity index (χ0) is 12.8. The van der Waals surface area contributed by atoms with Gasteiger partial charge in [0.05, 0.1) is 0 Å². The summed E-state index contributed by atoms with van der Waals surface area (Å²) in [5, 5.41) is 20.8. The van der Waals surface area contributed by atoms with E-state index in [2.05, 4.69) is 22.2 Å². The van der Waals surface area contributed by atoms with Crippen LogP contribution in [0.2, 0.25) is 5.15 Å². The summed E-state index contributed by atoms with van der Waals surface area (Å²) in [5.41, 5.74) is -0.0608. The molecule has 1 unspecified atom stereocenters. The normalized spacial score (nSPS) is 11.4. The molecule has 0 spiro atoms. The molecule has 1 aromatic rings. The van der Waals surface area contributed by atoms with E-state index >= 15 is 0 Å². The smallest absolute Gasteiger partial charge is 0.179 e. The van der Waals surface area contributed by atoms with Gasteiger partial charge < -0.3 is 5.32 Å². The van der Waals surface area contributed by atoms with E-state index in [1.54, 1.807) is 6.07 Å². The van der Waals surface area contributed by atoms with Crippen molar-refractivity contribution in [3.8, 4) is 12.1 Å². The molecule has 0 saturated heterocycles. The summed E-state index contributed by atoms with van der Waals surface area (Å²) in [6, 6.07) is 3.80. The molecule has 0 aliphatic heterocycles. The molecule has 6 heteroatoms. The molecule has 0 amide bonds. The highest BCUT2D eigenvalue weighted by atomic mass is 35.5. The number of nitriles is 2. The van der Waals surface area contributed by atoms with Gasteiger partial charge in [-0.3, -0.25) is 0 Å². The molecular weight excluding hydrogens is 238 g/mol. The van der Waals surface area contributed by atoms with Crippen LogP contribution in [0, 0.1) is 22.7 Å². The van der Waals surface area contributed by atoms with Gasteiger partial charge in [0, 0.05) is 6.04 Å². The molecule has 1 heterocycles. The Morgan fingerprint density at radius 2 is 1.88 bits per heavy atom. The van der Waals surface area contributed by atoms with Crippen molar-refractivity contribution in [3.63, 3.8) is 0 Å². The first-order valence-electron chi connectivity index (χ1n) is 5.26. The summed E-state index contributed by atoms with van der Waals surface area (Å²) >= 11 is 5.88. The van der Waals surface area contributed by atoms with Crippen molar-refractivity contribution in [1.82, 2.24) is 9.97 Å². The van der Waals surface area contributed by atoms with Crippen molar-refractivity contribution in [1.29, 1.82) is 10.5 Å². The van der Waals surface area contributed by atoms with E-state index in [1.807, 2.05) is 13.0 Å². The highest BCUT2D eigenvalue weighted by Gasteiger charge is 2.13. The zero-order valence-electron chi connectivity index (χ0n) is 9.66. The van der Waals surface area contributed by atoms with Gasteiger partial charge in [-0.1, -0.05) is 24.9 Å². The molecule has 0 aliphatic carbocycles. The molecule has 88 valence electrons. The first-order chi connectivity index (χ1) is 8.12. The number of nitrogens with zero attached hydrogens (tertiary/aromatic N) is 4. The molecule has 17 heavy (non-hydrogen) atoms. The quantitative estimate of drug-likeness (QED) is 0.886. The van der Waals surface area contributed by atoms with Crippen molar-refractivity contribution < 1.29 is 0 Å². The minimum Gasteiger partial charge on any atom is -0.365 e. The molecule has 5 nitrogen and oxygen atoms in total. The van der Waals surface area contributed by atoms with Crippen LogP contribution in [0.1, 0.15) is 38.1 Å². The average molecular weight is 250 g/mol. The molecule has 1 rings (SSSR count). The Morgan fingerprint density at radius 1 is 1.29 bits per heavy atom. The summed E-state index contributed by atoms with van der Waals surface area (Å²) in [7, 11) is 0. The number of rotatable bonds is 4. The Kier molecular flexibility index (Phi) is 4.68. The minimum absolute atomic E-state index is 0.0110. The van der Waals surface area contributed by atoms with Gasteiger partial charge in [-0.25, -0.2) is 9.97 Å². The zero-order valence-corrected chi connectivity index (χ0v) is 10.4. The van der Waals surface area contributed by atoms with Gasteiger partial charge in [0.15, 0.2) is 22.4 Å². The van der Waals surface area contributed by atoms with E-state index in [0.717, 1.165) is 12.8 Å². The lowest BCUT2D eigenvalue weighted by atomic mass is 10.2. The second kappa shape index (κ2) is 6.03. The number of hydrogen-bond acceptors (Lipinski definition) is 5. The van der Waals surface area contributed by atoms with Crippen LogP contribution in [0.25, 0.3) is 0 Å². The third-order valence-corrected chi connectivity index (χ3v) is 2.43. The average Bonchev–Trinajstić information content (AvgIpc) is 2.31. The van der Waals surface area contributed by atoms with Gasteiger partial charge in [0.1, 0.15) is 12.1 Å². The molecule has 0 radical (unpaired) electrons. The first-order valence-corrected chi connectivity index (χ1v) is 5.64. The molecule has 1 atom stereocenters. The van der Waals surface area contributed by atoms with Gasteiger partial charge >= 0.3 is 0 Å². The van der Waals surface area contributed by atoms with Crippen molar-refractivity contribution >= 4 is 17.4 Å². The van der Waals surface area contributed by atoms with E-state index in [9.17, 15) is 0 Å². The van der Waals surface area contributed by atoms with Gasteiger partial charge in [0.25, 0.3) is 0 Å². The summed E-state index contributed by atoms with van der Waals surface area (Å²) in [6.07, 6.45) is 1.99. The summed E-state index contributed by atoms with van der Waals surface area (Å²) < 4.78 is 0. The lowest BCUT2D eigenvalue weighted by Crippen LogP contribution is -2.17. The summed E-state index contributed by atoms with van der Waals surface area (Å²) in [4.78, 5) is 7.83. The van der Waals surface area contributed by atoms with Crippen LogP contribution >= 0.6 is 11.6 Å². The van der Waals surface area contributed by atoms with E-state index in [1.165, 1.54) is 0 Å². The van der Waals surface area contributed by atoms with Crippen LogP contribution in [0.4, 0.5) is 5.82 Å². The molecule has 0 fully saturated rings. The predicted molar refractivity (Wildman–Crippen MR) is 64.5 cm³/mol. The van der Waals surface area contributed by atoms with E-state index in [0.29, 0.717) is 5.82 Å². The monoisotopic (exact) mass is 249 g/mol. The minimum atomic E-state index is -0.0498. The molecule has 0 saturated carbocycles. The molecule has 1 N–H and O–H groups in total. The highest BCUT2D eigenvalue weighted by molar-refractivity contribution is 6.31. The Labute approximate surface area is 105 Å². The lowest BCUT2D eigenvalue weighted by Gasteiger charge is -2.14. The van der Waals surface area contributed by atoms with Crippen LogP contribution in [0.5, 0.6) is 0 Å². The van der Waals surface area contributed by atoms with Crippen LogP contribution in [-0.2, 0) is 0 Å². The van der Waals surface area contributed by atoms with Crippen molar-refractivity contribution in [2.75, 3.05) is 5.32 Å². The van der Waals surface area contributed by atoms with Crippen molar-refractivity contribution in [2.24, 2.45) is 0 Å². The van der Waals surface area contributed by atoms with Crippen LogP contribution in [0.15, 0.2) is 0 Å². The lowest BCUT2D eigenvalue weighted by molar-refractivity contribution is 0.686. The molecule has 0 aromatic carbocycles. The SMILES string of the molecule is CCCC(C)Nc1nc(C#N)c(C#N)nc1Cl. The second-order valence-electron chi connectivity index (χ2n) is 3.62. The summed E-state index contributed by atoms with van der Waals surface area (Å²) in [6.45, 7) is 4.07. The third kappa shape index (κ3) is 3.30. The van der Waals surface area contributed by atoms with Gasteiger partial charge in [-0.15, -0.1) is 0 Å². The van der Waals surface area contributed by atoms with Crippen LogP contribution in [-0.4, -0.2) is 16.0 Å². The maximum Gasteiger partial charge on any atom is 0.179 e. The number of halogens is 1. The molecule has 0 aliphatic rings. The largest absolute Gasteiger partial charge is 0.365 e. The van der Waals surface area contributed by atoms with Gasteiger partial charge in [-0.05, 0) is 13.3 Å². The fourth-order valence-corrected chi connectivity index (χ4v) is 1.58. The maximum absolute atomic E-state index is 8.83. The Balaban J connectivity index is 3.03. The fourth-order valence-electron chi connectivity index (χ4n) is 1.40. The Morgan fingerprint density at radius 3 is 2.41 bits per heavy atom.